The summed E-state index contributed by atoms with van der Waals surface area (Å²) in [4.78, 5) is 47.2. The number of carbonyl (C=O) groups excluding carboxylic acids is 2. The van der Waals surface area contributed by atoms with E-state index in [9.17, 15) is 34.5 Å². The smallest absolute Gasteiger partial charge is 0.307 e. The molecule has 0 saturated heterocycles. The predicted octanol–water partition coefficient (Wildman–Crippen LogP) is 4.00. The summed E-state index contributed by atoms with van der Waals surface area (Å²) in [6.45, 7) is 0. The minimum absolute atomic E-state index is 0.0971. The maximum absolute atomic E-state index is 12.7. The van der Waals surface area contributed by atoms with Crippen LogP contribution in [0.4, 0.5) is 11.4 Å². The van der Waals surface area contributed by atoms with Gasteiger partial charge in [0.05, 0.1) is 30.3 Å². The van der Waals surface area contributed by atoms with Crippen molar-refractivity contribution in [2.45, 2.75) is 31.8 Å². The van der Waals surface area contributed by atoms with Crippen LogP contribution in [-0.2, 0) is 35.3 Å². The van der Waals surface area contributed by atoms with Crippen molar-refractivity contribution in [3.05, 3.63) is 118 Å². The number of phenols is 2. The molecule has 4 aromatic carbocycles. The monoisotopic (exact) mass is 598 g/mol. The Bertz CT molecular complexity index is 1560. The van der Waals surface area contributed by atoms with Crippen molar-refractivity contribution in [1.82, 2.24) is 0 Å². The number of aliphatic carboxylic acids is 2. The zero-order chi connectivity index (χ0) is 31.8. The number of carbonyl (C=O) groups is 4. The number of hydrogen-bond donors (Lipinski definition) is 7. The third kappa shape index (κ3) is 8.66. The fraction of sp³-hybridized carbons (Fsp3) is 0.152. The highest BCUT2D eigenvalue weighted by atomic mass is 16.4. The van der Waals surface area contributed by atoms with E-state index in [-0.39, 0.29) is 35.7 Å². The second kappa shape index (κ2) is 14.0. The molecule has 0 radical (unpaired) electrons. The molecule has 4 rings (SSSR count). The first kappa shape index (κ1) is 31.3. The van der Waals surface area contributed by atoms with Crippen LogP contribution in [0.1, 0.15) is 43.0 Å². The fourth-order valence-corrected chi connectivity index (χ4v) is 4.53. The fourth-order valence-electron chi connectivity index (χ4n) is 4.53. The number of amides is 2. The Kier molecular flexibility index (Phi) is 9.94. The molecule has 0 heterocycles. The molecule has 0 aliphatic heterocycles. The standard InChI is InChI=1S/C33H30N2O9/c36-25(13-19-1-7-23(8-2-19)32(43)34-26-15-21(17-30(39)40)5-11-28(26)37)14-20-3-9-24(10-4-20)33(44)35-27-16-22(18-31(41)42)6-12-29(27)38/h1-12,15-16,25,36-38H,13-14,17-18H2,(H,34,43)(H,35,44)(H,39,40)(H,41,42). The summed E-state index contributed by atoms with van der Waals surface area (Å²) in [5.74, 6) is -3.44. The molecule has 0 aliphatic carbocycles. The normalized spacial score (nSPS) is 10.8. The van der Waals surface area contributed by atoms with Crippen molar-refractivity contribution in [3.8, 4) is 11.5 Å². The van der Waals surface area contributed by atoms with Crippen molar-refractivity contribution in [1.29, 1.82) is 0 Å². The Balaban J connectivity index is 1.31. The van der Waals surface area contributed by atoms with Crippen LogP contribution in [-0.4, -0.2) is 55.4 Å². The Morgan fingerprint density at radius 2 is 0.886 bits per heavy atom. The topological polar surface area (TPSA) is 193 Å². The van der Waals surface area contributed by atoms with Crippen LogP contribution in [0.2, 0.25) is 0 Å². The Hall–Kier alpha value is -5.68. The van der Waals surface area contributed by atoms with Crippen LogP contribution >= 0.6 is 0 Å². The Labute approximate surface area is 252 Å². The lowest BCUT2D eigenvalue weighted by Gasteiger charge is -2.13. The molecule has 4 aromatic rings. The Morgan fingerprint density at radius 1 is 0.545 bits per heavy atom. The lowest BCUT2D eigenvalue weighted by molar-refractivity contribution is -0.137. The highest BCUT2D eigenvalue weighted by Crippen LogP contribution is 2.26. The molecule has 2 amide bonds. The predicted molar refractivity (Wildman–Crippen MR) is 161 cm³/mol. The quantitative estimate of drug-likeness (QED) is 0.118. The zero-order valence-electron chi connectivity index (χ0n) is 23.4. The molecule has 44 heavy (non-hydrogen) atoms. The number of aliphatic hydroxyl groups is 1. The summed E-state index contributed by atoms with van der Waals surface area (Å²) >= 11 is 0. The largest absolute Gasteiger partial charge is 0.506 e. The van der Waals surface area contributed by atoms with E-state index in [4.69, 9.17) is 10.2 Å². The molecule has 11 nitrogen and oxygen atoms in total. The van der Waals surface area contributed by atoms with Gasteiger partial charge in [-0.15, -0.1) is 0 Å². The first-order valence-corrected chi connectivity index (χ1v) is 13.5. The first-order chi connectivity index (χ1) is 21.0. The number of phenolic OH excluding ortho intramolecular Hbond substituents is 2. The number of benzene rings is 4. The van der Waals surface area contributed by atoms with Crippen molar-refractivity contribution >= 4 is 35.1 Å². The lowest BCUT2D eigenvalue weighted by Crippen LogP contribution is -2.16. The molecule has 0 atom stereocenters. The van der Waals surface area contributed by atoms with Crippen LogP contribution < -0.4 is 10.6 Å². The molecule has 11 heteroatoms. The molecule has 0 bridgehead atoms. The van der Waals surface area contributed by atoms with Gasteiger partial charge in [0, 0.05) is 11.1 Å². The number of rotatable bonds is 12. The molecule has 7 N–H and O–H groups in total. The minimum atomic E-state index is -1.04. The summed E-state index contributed by atoms with van der Waals surface area (Å²) < 4.78 is 0. The highest BCUT2D eigenvalue weighted by molar-refractivity contribution is 6.05. The highest BCUT2D eigenvalue weighted by Gasteiger charge is 2.14. The van der Waals surface area contributed by atoms with Crippen LogP contribution in [0.15, 0.2) is 84.9 Å². The number of carboxylic acid groups (broad SMARTS) is 2. The maximum Gasteiger partial charge on any atom is 0.307 e. The molecule has 226 valence electrons. The van der Waals surface area contributed by atoms with E-state index >= 15 is 0 Å². The molecule has 0 saturated carbocycles. The summed E-state index contributed by atoms with van der Waals surface area (Å²) in [5.41, 5.74) is 3.22. The number of aliphatic hydroxyl groups excluding tert-OH is 1. The van der Waals surface area contributed by atoms with Gasteiger partial charge in [0.25, 0.3) is 11.8 Å². The van der Waals surface area contributed by atoms with Gasteiger partial charge in [0.2, 0.25) is 0 Å². The van der Waals surface area contributed by atoms with Crippen LogP contribution in [0.5, 0.6) is 11.5 Å². The van der Waals surface area contributed by atoms with Gasteiger partial charge in [-0.3, -0.25) is 19.2 Å². The van der Waals surface area contributed by atoms with Crippen LogP contribution in [0, 0.1) is 0 Å². The average Bonchev–Trinajstić information content (AvgIpc) is 2.96. The van der Waals surface area contributed by atoms with Gasteiger partial charge < -0.3 is 36.2 Å². The number of anilines is 2. The molecule has 0 fully saturated rings. The molecular formula is C33H30N2O9. The molecule has 0 aromatic heterocycles. The van der Waals surface area contributed by atoms with E-state index in [2.05, 4.69) is 10.6 Å². The van der Waals surface area contributed by atoms with E-state index in [1.807, 2.05) is 0 Å². The summed E-state index contributed by atoms with van der Waals surface area (Å²) in [6, 6.07) is 21.5. The maximum atomic E-state index is 12.7. The summed E-state index contributed by atoms with van der Waals surface area (Å²) in [5, 5.41) is 53.8. The molecule has 0 aliphatic rings. The van der Waals surface area contributed by atoms with Crippen molar-refractivity contribution in [3.63, 3.8) is 0 Å². The van der Waals surface area contributed by atoms with Gasteiger partial charge in [-0.05, 0) is 83.6 Å². The first-order valence-electron chi connectivity index (χ1n) is 13.5. The van der Waals surface area contributed by atoms with E-state index in [0.29, 0.717) is 35.1 Å². The molecule has 0 unspecified atom stereocenters. The SMILES string of the molecule is O=C(O)Cc1ccc(O)c(NC(=O)c2ccc(CC(O)Cc3ccc(C(=O)Nc4cc(CC(=O)O)ccc4O)cc3)cc2)c1. The van der Waals surface area contributed by atoms with Gasteiger partial charge in [-0.1, -0.05) is 36.4 Å². The van der Waals surface area contributed by atoms with E-state index < -0.39 is 29.9 Å². The zero-order valence-corrected chi connectivity index (χ0v) is 23.4. The second-order valence-corrected chi connectivity index (χ2v) is 10.2. The average molecular weight is 599 g/mol. The van der Waals surface area contributed by atoms with Gasteiger partial charge in [-0.2, -0.15) is 0 Å². The minimum Gasteiger partial charge on any atom is -0.506 e. The Morgan fingerprint density at radius 3 is 1.23 bits per heavy atom. The van der Waals surface area contributed by atoms with Crippen molar-refractivity contribution in [2.24, 2.45) is 0 Å². The van der Waals surface area contributed by atoms with Gasteiger partial charge >= 0.3 is 11.9 Å². The van der Waals surface area contributed by atoms with Crippen molar-refractivity contribution in [2.75, 3.05) is 10.6 Å². The lowest BCUT2D eigenvalue weighted by atomic mass is 9.99. The van der Waals surface area contributed by atoms with Gasteiger partial charge in [0.15, 0.2) is 0 Å². The van der Waals surface area contributed by atoms with Crippen LogP contribution in [0.25, 0.3) is 0 Å². The van der Waals surface area contributed by atoms with Crippen LogP contribution in [0.3, 0.4) is 0 Å². The van der Waals surface area contributed by atoms with E-state index in [1.54, 1.807) is 48.5 Å². The van der Waals surface area contributed by atoms with Gasteiger partial charge in [0.1, 0.15) is 11.5 Å². The molecular weight excluding hydrogens is 568 g/mol. The third-order valence-corrected chi connectivity index (χ3v) is 6.70. The number of nitrogens with one attached hydrogen (secondary N) is 2. The number of aromatic hydroxyl groups is 2. The summed E-state index contributed by atoms with van der Waals surface area (Å²) in [7, 11) is 0. The summed E-state index contributed by atoms with van der Waals surface area (Å²) in [6.07, 6.45) is -0.658. The number of hydrogen-bond acceptors (Lipinski definition) is 7. The van der Waals surface area contributed by atoms with E-state index in [0.717, 1.165) is 11.1 Å². The number of carboxylic acids is 2. The van der Waals surface area contributed by atoms with E-state index in [1.165, 1.54) is 36.4 Å². The second-order valence-electron chi connectivity index (χ2n) is 10.2. The van der Waals surface area contributed by atoms with Gasteiger partial charge in [-0.25, -0.2) is 0 Å². The van der Waals surface area contributed by atoms with Crippen molar-refractivity contribution < 1.29 is 44.7 Å². The third-order valence-electron chi connectivity index (χ3n) is 6.70. The molecule has 0 spiro atoms.